The van der Waals surface area contributed by atoms with Gasteiger partial charge in [-0.3, -0.25) is 14.4 Å². The summed E-state index contributed by atoms with van der Waals surface area (Å²) in [5, 5.41) is 20.3. The number of alkyl halides is 4. The number of likely N-dealkylation sites (tertiary alicyclic amines) is 1. The van der Waals surface area contributed by atoms with Crippen LogP contribution in [0, 0.1) is 17.8 Å². The summed E-state index contributed by atoms with van der Waals surface area (Å²) in [5.41, 5.74) is 15.5. The van der Waals surface area contributed by atoms with Gasteiger partial charge < -0.3 is 75.2 Å². The summed E-state index contributed by atoms with van der Waals surface area (Å²) in [4.78, 5) is 79.8. The molecular formula is C90H113Cl7F4N14O9. The van der Waals surface area contributed by atoms with Crippen molar-refractivity contribution in [1.29, 1.82) is 0 Å². The molecule has 14 rings (SSSR count). The lowest BCUT2D eigenvalue weighted by molar-refractivity contribution is -0.109. The van der Waals surface area contributed by atoms with E-state index in [2.05, 4.69) is 52.7 Å². The molecule has 3 saturated carbocycles. The smallest absolute Gasteiger partial charge is 0.407 e. The van der Waals surface area contributed by atoms with Gasteiger partial charge >= 0.3 is 12.1 Å². The van der Waals surface area contributed by atoms with Gasteiger partial charge in [-0.2, -0.15) is 0 Å². The number of aryl methyl sites for hydroxylation is 3. The van der Waals surface area contributed by atoms with Gasteiger partial charge in [0.05, 0.1) is 111 Å². The summed E-state index contributed by atoms with van der Waals surface area (Å²) in [6.07, 6.45) is 13.2. The van der Waals surface area contributed by atoms with Gasteiger partial charge in [0.1, 0.15) is 40.3 Å². The average molecular weight is 1860 g/mol. The van der Waals surface area contributed by atoms with E-state index in [-0.39, 0.29) is 80.9 Å². The molecule has 674 valence electrons. The molecule has 6 amide bonds. The highest BCUT2D eigenvalue weighted by atomic mass is 35.5. The predicted octanol–water partition coefficient (Wildman–Crippen LogP) is 19.8. The summed E-state index contributed by atoms with van der Waals surface area (Å²) in [6.45, 7) is 18.3. The van der Waals surface area contributed by atoms with Gasteiger partial charge in [-0.15, -0.1) is 12.4 Å². The first-order chi connectivity index (χ1) is 58.3. The van der Waals surface area contributed by atoms with Crippen LogP contribution in [0.5, 0.6) is 17.2 Å². The number of nitrogens with one attached hydrogen (secondary N) is 6. The molecule has 124 heavy (non-hydrogen) atoms. The van der Waals surface area contributed by atoms with Crippen molar-refractivity contribution in [2.75, 3.05) is 46.0 Å². The molecule has 2 saturated heterocycles. The van der Waals surface area contributed by atoms with E-state index in [1.54, 1.807) is 57.2 Å². The number of aromatic nitrogens is 6. The summed E-state index contributed by atoms with van der Waals surface area (Å²) in [6, 6.07) is 21.5. The monoisotopic (exact) mass is 1850 g/mol. The van der Waals surface area contributed by atoms with Crippen molar-refractivity contribution in [1.82, 2.24) is 65.5 Å². The molecule has 8 N–H and O–H groups in total. The van der Waals surface area contributed by atoms with Crippen molar-refractivity contribution in [3.63, 3.8) is 0 Å². The second-order valence-corrected chi connectivity index (χ2v) is 36.1. The Hall–Kier alpha value is -8.25. The second-order valence-electron chi connectivity index (χ2n) is 33.8. The van der Waals surface area contributed by atoms with Gasteiger partial charge in [0, 0.05) is 111 Å². The maximum absolute atomic E-state index is 13.3. The Morgan fingerprint density at radius 2 is 0.790 bits per heavy atom. The van der Waals surface area contributed by atoms with Crippen LogP contribution in [0.1, 0.15) is 221 Å². The zero-order chi connectivity index (χ0) is 89.1. The minimum atomic E-state index is -2.84. The van der Waals surface area contributed by atoms with Crippen LogP contribution < -0.4 is 51.8 Å². The molecule has 9 aromatic rings. The predicted molar refractivity (Wildman–Crippen MR) is 485 cm³/mol. The normalized spacial score (nSPS) is 18.9. The number of nitrogens with two attached hydrogens (primary N) is 1. The maximum atomic E-state index is 13.3. The van der Waals surface area contributed by atoms with Crippen LogP contribution in [0.25, 0.3) is 33.1 Å². The lowest BCUT2D eigenvalue weighted by atomic mass is 9.87. The molecule has 34 heteroatoms. The lowest BCUT2D eigenvalue weighted by Gasteiger charge is -2.38. The van der Waals surface area contributed by atoms with Crippen LogP contribution in [-0.4, -0.2) is 145 Å². The molecule has 0 spiro atoms. The first kappa shape index (κ1) is 97.9. The Labute approximate surface area is 758 Å². The summed E-state index contributed by atoms with van der Waals surface area (Å²) in [7, 11) is 5.73. The third kappa shape index (κ3) is 24.9. The van der Waals surface area contributed by atoms with Crippen LogP contribution in [0.3, 0.4) is 0 Å². The molecule has 3 aliphatic carbocycles. The van der Waals surface area contributed by atoms with Crippen LogP contribution in [-0.2, 0) is 64.8 Å². The highest BCUT2D eigenvalue weighted by Gasteiger charge is 2.46. The fourth-order valence-electron chi connectivity index (χ4n) is 15.7. The number of rotatable bonds is 23. The van der Waals surface area contributed by atoms with Crippen molar-refractivity contribution in [2.24, 2.45) is 44.6 Å². The molecule has 0 bridgehead atoms. The number of benzene rings is 6. The molecule has 5 fully saturated rings. The Balaban J connectivity index is 0.000000188. The Morgan fingerprint density at radius 3 is 1.07 bits per heavy atom. The van der Waals surface area contributed by atoms with E-state index in [9.17, 15) is 41.5 Å². The number of carbonyl (C=O) groups is 5. The number of nitrogens with zero attached hydrogens (tertiary/aromatic N) is 7. The van der Waals surface area contributed by atoms with E-state index < -0.39 is 42.7 Å². The van der Waals surface area contributed by atoms with E-state index in [1.165, 1.54) is 0 Å². The van der Waals surface area contributed by atoms with Crippen LogP contribution in [0.15, 0.2) is 72.8 Å². The molecule has 3 aromatic heterocycles. The van der Waals surface area contributed by atoms with Crippen molar-refractivity contribution >= 4 is 145 Å². The number of hydrogen-bond acceptors (Lipinski definition) is 14. The number of halogens is 11. The molecule has 5 aliphatic rings. The Kier molecular flexibility index (Phi) is 34.0. The van der Waals surface area contributed by atoms with E-state index in [0.29, 0.717) is 154 Å². The van der Waals surface area contributed by atoms with Crippen molar-refractivity contribution in [3.05, 3.63) is 170 Å². The lowest BCUT2D eigenvalue weighted by Crippen LogP contribution is -2.60. The van der Waals surface area contributed by atoms with Gasteiger partial charge in [0.15, 0.2) is 0 Å². The van der Waals surface area contributed by atoms with E-state index in [4.69, 9.17) is 109 Å². The van der Waals surface area contributed by atoms with E-state index >= 15 is 0 Å². The SMILES string of the molecule is CCOc1cc2c(cc1C(=O)NC1CCC(C)CC1)nc(Cc1c(Cl)ccc(CN)c1Cl)n2C.CCOc1cc2c(cc1C(=O)NC1CCC(C)CC1)nc(Cc1c(Cl)ccc(CNC(=O)N3CC(F)(F)C3)c1Cl)n2C.CCOc1cc2c(cc1C(=O)NC1CCC(C)CC1)nc(Cc1c(Cl)ccc(CNC(=O)OC(C)(C)C)c1Cl)n2C.Cl.FC1(F)CNC1. The number of fused-ring (bicyclic) bond motifs is 3. The number of hydrogen-bond donors (Lipinski definition) is 7. The van der Waals surface area contributed by atoms with Gasteiger partial charge in [0.25, 0.3) is 29.6 Å². The third-order valence-electron chi connectivity index (χ3n) is 23.1. The number of amides is 6. The average Bonchev–Trinajstić information content (AvgIpc) is 1.63. The number of ether oxygens (including phenoxy) is 4. The Morgan fingerprint density at radius 1 is 0.484 bits per heavy atom. The fraction of sp³-hybridized carbons (Fsp3) is 0.511. The zero-order valence-electron chi connectivity index (χ0n) is 72.1. The summed E-state index contributed by atoms with van der Waals surface area (Å²) in [5.74, 6) is 0.226. The summed E-state index contributed by atoms with van der Waals surface area (Å²) < 4.78 is 78.0. The Bertz CT molecular complexity index is 5300. The summed E-state index contributed by atoms with van der Waals surface area (Å²) >= 11 is 39.7. The first-order valence-corrected chi connectivity index (χ1v) is 44.4. The standard InChI is InChI=1S/C31H40Cl2N4O4.C30H35Cl2F2N5O3.C26H32Cl2N4O2.C3H5F2N.ClH/c1-7-40-26-16-25-24(14-22(26)29(38)35-20-11-8-18(2)9-12-20)36-27(37(25)6)15-21-23(32)13-10-19(28(21)33)17-34-30(39)41-31(3,4)5;1-4-42-25-13-24-23(11-21(25)28(40)36-19-8-5-17(2)6-9-19)37-26(38(24)3)12-20-22(31)10-7-18(27(20)32)14-35-29(41)39-15-30(33,34)16-39;1-4-34-23-13-22-21(11-19(23)26(33)30-17-8-5-15(2)6-9-17)31-24(32(22)3)12-18-20(27)10-7-16(14-29)25(18)28;4-3(5)1-6-2-3;/h10,13-14,16,18,20H,7-9,11-12,15,17H2,1-6H3,(H,34,39)(H,35,38);7,10-11,13,17,19H,4-6,8-9,12,14-16H2,1-3H3,(H,35,41)(H,36,40);7,10-11,13,15,17H,4-6,8-9,12,14,29H2,1-3H3,(H,30,33);6H,1-2H2;1H. The number of urea groups is 1. The van der Waals surface area contributed by atoms with Gasteiger partial charge in [0.2, 0.25) is 0 Å². The van der Waals surface area contributed by atoms with E-state index in [0.717, 1.165) is 133 Å². The van der Waals surface area contributed by atoms with Gasteiger partial charge in [-0.05, 0) is 206 Å². The minimum absolute atomic E-state index is 0. The van der Waals surface area contributed by atoms with Gasteiger partial charge in [-0.1, -0.05) is 109 Å². The highest BCUT2D eigenvalue weighted by molar-refractivity contribution is 6.38. The van der Waals surface area contributed by atoms with Crippen LogP contribution in [0.2, 0.25) is 30.1 Å². The number of carbonyl (C=O) groups excluding carboxylic acids is 5. The van der Waals surface area contributed by atoms with Crippen molar-refractivity contribution < 1.29 is 60.5 Å². The molecule has 0 unspecified atom stereocenters. The topological polar surface area (TPSA) is 277 Å². The first-order valence-electron chi connectivity index (χ1n) is 42.2. The second kappa shape index (κ2) is 43.0. The third-order valence-corrected chi connectivity index (χ3v) is 25.6. The molecule has 5 heterocycles. The molecular weight excluding hydrogens is 1750 g/mol. The fourth-order valence-corrected chi connectivity index (χ4v) is 17.4. The number of alkyl carbamates (subject to hydrolysis) is 1. The van der Waals surface area contributed by atoms with Crippen molar-refractivity contribution in [2.45, 2.75) is 214 Å². The molecule has 2 aliphatic heterocycles. The van der Waals surface area contributed by atoms with E-state index in [1.807, 2.05) is 92.0 Å². The zero-order valence-corrected chi connectivity index (χ0v) is 77.5. The highest BCUT2D eigenvalue weighted by Crippen LogP contribution is 2.39. The largest absolute Gasteiger partial charge is 0.493 e. The molecule has 23 nitrogen and oxygen atoms in total. The quantitative estimate of drug-likeness (QED) is 0.0293. The van der Waals surface area contributed by atoms with Gasteiger partial charge in [-0.25, -0.2) is 42.1 Å². The minimum Gasteiger partial charge on any atom is -0.493 e. The molecule has 0 radical (unpaired) electrons. The van der Waals surface area contributed by atoms with Crippen molar-refractivity contribution in [3.8, 4) is 17.2 Å². The maximum Gasteiger partial charge on any atom is 0.407 e. The molecule has 0 atom stereocenters. The molecule has 6 aromatic carbocycles. The van der Waals surface area contributed by atoms with Crippen LogP contribution >= 0.6 is 82.0 Å². The van der Waals surface area contributed by atoms with Crippen LogP contribution in [0.4, 0.5) is 27.2 Å². The number of imidazole rings is 3.